The second kappa shape index (κ2) is 6.66. The van der Waals surface area contributed by atoms with Crippen LogP contribution in [0, 0.1) is 0 Å². The summed E-state index contributed by atoms with van der Waals surface area (Å²) in [7, 11) is 1.69. The van der Waals surface area contributed by atoms with E-state index in [-0.39, 0.29) is 11.5 Å². The Bertz CT molecular complexity index is 1300. The Morgan fingerprint density at radius 3 is 2.76 bits per heavy atom. The first-order valence-electron chi connectivity index (χ1n) is 9.40. The molecule has 4 aromatic rings. The largest absolute Gasteiger partial charge is 0.322 e. The first kappa shape index (κ1) is 17.3. The molecule has 1 fully saturated rings. The Hall–Kier alpha value is -3.81. The first-order valence-corrected chi connectivity index (χ1v) is 9.40. The predicted octanol–water partition coefficient (Wildman–Crippen LogP) is 2.78. The second-order valence-electron chi connectivity index (χ2n) is 7.19. The van der Waals surface area contributed by atoms with E-state index in [2.05, 4.69) is 20.8 Å². The summed E-state index contributed by atoms with van der Waals surface area (Å²) in [6.07, 6.45) is 2.15. The summed E-state index contributed by atoms with van der Waals surface area (Å²) < 4.78 is 3.36. The maximum atomic E-state index is 13.0. The number of anilines is 1. The maximum Gasteiger partial charge on any atom is 0.256 e. The SMILES string of the molecule is Cn1c(=O)cc(C(=O)Nc2cccc(-c3nnnn3C3CC3)c2)c2ccccc21. The molecule has 0 bridgehead atoms. The Labute approximate surface area is 165 Å². The van der Waals surface area contributed by atoms with Gasteiger partial charge in [-0.1, -0.05) is 30.3 Å². The van der Waals surface area contributed by atoms with Gasteiger partial charge in [-0.25, -0.2) is 4.68 Å². The molecule has 5 rings (SSSR count). The molecule has 0 unspecified atom stereocenters. The van der Waals surface area contributed by atoms with Crippen LogP contribution in [0.2, 0.25) is 0 Å². The minimum Gasteiger partial charge on any atom is -0.322 e. The van der Waals surface area contributed by atoms with Crippen LogP contribution in [-0.2, 0) is 7.05 Å². The highest BCUT2D eigenvalue weighted by Crippen LogP contribution is 2.36. The molecule has 1 saturated carbocycles. The molecule has 29 heavy (non-hydrogen) atoms. The molecule has 0 atom stereocenters. The lowest BCUT2D eigenvalue weighted by molar-refractivity contribution is 0.102. The van der Waals surface area contributed by atoms with Crippen LogP contribution in [0.1, 0.15) is 29.2 Å². The third-order valence-electron chi connectivity index (χ3n) is 5.16. The Kier molecular flexibility index (Phi) is 3.97. The molecule has 1 aliphatic rings. The zero-order valence-corrected chi connectivity index (χ0v) is 15.7. The molecule has 2 aromatic carbocycles. The van der Waals surface area contributed by atoms with Gasteiger partial charge in [0.1, 0.15) is 0 Å². The molecule has 0 spiro atoms. The molecule has 1 N–H and O–H groups in total. The molecule has 8 heteroatoms. The number of tetrazole rings is 1. The molecular formula is C21H18N6O2. The number of nitrogens with zero attached hydrogens (tertiary/aromatic N) is 5. The summed E-state index contributed by atoms with van der Waals surface area (Å²) in [6.45, 7) is 0. The number of rotatable bonds is 4. The molecule has 144 valence electrons. The second-order valence-corrected chi connectivity index (χ2v) is 7.19. The Morgan fingerprint density at radius 1 is 1.10 bits per heavy atom. The number of amides is 1. The first-order chi connectivity index (χ1) is 14.1. The van der Waals surface area contributed by atoms with Crippen molar-refractivity contribution in [3.8, 4) is 11.4 Å². The fraction of sp³-hybridized carbons (Fsp3) is 0.190. The van der Waals surface area contributed by atoms with Crippen molar-refractivity contribution in [2.75, 3.05) is 5.32 Å². The topological polar surface area (TPSA) is 94.7 Å². The minimum atomic E-state index is -0.335. The van der Waals surface area contributed by atoms with Gasteiger partial charge < -0.3 is 9.88 Å². The summed E-state index contributed by atoms with van der Waals surface area (Å²) in [5.41, 5.74) is 2.27. The monoisotopic (exact) mass is 386 g/mol. The van der Waals surface area contributed by atoms with Crippen LogP contribution >= 0.6 is 0 Å². The van der Waals surface area contributed by atoms with E-state index in [1.807, 2.05) is 47.1 Å². The molecule has 2 heterocycles. The summed E-state index contributed by atoms with van der Waals surface area (Å²) in [5, 5.41) is 15.6. The van der Waals surface area contributed by atoms with Crippen LogP contribution in [-0.4, -0.2) is 30.7 Å². The number of carbonyl (C=O) groups is 1. The van der Waals surface area contributed by atoms with Gasteiger partial charge in [0.2, 0.25) is 0 Å². The fourth-order valence-corrected chi connectivity index (χ4v) is 3.48. The minimum absolute atomic E-state index is 0.230. The van der Waals surface area contributed by atoms with E-state index >= 15 is 0 Å². The number of nitrogens with one attached hydrogen (secondary N) is 1. The lowest BCUT2D eigenvalue weighted by Gasteiger charge is -2.11. The molecular weight excluding hydrogens is 368 g/mol. The van der Waals surface area contributed by atoms with Crippen LogP contribution in [0.3, 0.4) is 0 Å². The molecule has 0 saturated heterocycles. The van der Waals surface area contributed by atoms with Gasteiger partial charge in [0.25, 0.3) is 11.5 Å². The molecule has 2 aromatic heterocycles. The highest BCUT2D eigenvalue weighted by Gasteiger charge is 2.28. The van der Waals surface area contributed by atoms with Gasteiger partial charge in [0, 0.05) is 29.8 Å². The number of aromatic nitrogens is 5. The molecule has 0 radical (unpaired) electrons. The van der Waals surface area contributed by atoms with Gasteiger partial charge in [-0.15, -0.1) is 5.10 Å². The number of fused-ring (bicyclic) bond motifs is 1. The number of hydrogen-bond acceptors (Lipinski definition) is 5. The quantitative estimate of drug-likeness (QED) is 0.582. The van der Waals surface area contributed by atoms with Crippen molar-refractivity contribution in [2.24, 2.45) is 7.05 Å². The maximum absolute atomic E-state index is 13.0. The standard InChI is InChI=1S/C21H18N6O2/c1-26-18-8-3-2-7-16(18)17(12-19(26)28)21(29)22-14-6-4-5-13(11-14)20-23-24-25-27(20)15-9-10-15/h2-8,11-12,15H,9-10H2,1H3,(H,22,29). The van der Waals surface area contributed by atoms with Gasteiger partial charge in [0.15, 0.2) is 5.82 Å². The Morgan fingerprint density at radius 2 is 1.93 bits per heavy atom. The lowest BCUT2D eigenvalue weighted by Crippen LogP contribution is -2.21. The van der Waals surface area contributed by atoms with Crippen molar-refractivity contribution in [2.45, 2.75) is 18.9 Å². The fourth-order valence-electron chi connectivity index (χ4n) is 3.48. The zero-order valence-electron chi connectivity index (χ0n) is 15.7. The predicted molar refractivity (Wildman–Crippen MR) is 109 cm³/mol. The van der Waals surface area contributed by atoms with Crippen molar-refractivity contribution in [1.82, 2.24) is 24.8 Å². The Balaban J connectivity index is 1.49. The average Bonchev–Trinajstić information content (AvgIpc) is 3.47. The van der Waals surface area contributed by atoms with Gasteiger partial charge in [0.05, 0.1) is 17.1 Å². The number of hydrogen-bond donors (Lipinski definition) is 1. The molecule has 0 aliphatic heterocycles. The third-order valence-corrected chi connectivity index (χ3v) is 5.16. The smallest absolute Gasteiger partial charge is 0.256 e. The van der Waals surface area contributed by atoms with Crippen LogP contribution in [0.15, 0.2) is 59.4 Å². The number of aryl methyl sites for hydroxylation is 1. The number of carbonyl (C=O) groups excluding carboxylic acids is 1. The lowest BCUT2D eigenvalue weighted by atomic mass is 10.1. The summed E-state index contributed by atoms with van der Waals surface area (Å²) in [4.78, 5) is 25.3. The summed E-state index contributed by atoms with van der Waals surface area (Å²) >= 11 is 0. The van der Waals surface area contributed by atoms with Gasteiger partial charge in [-0.05, 0) is 41.5 Å². The van der Waals surface area contributed by atoms with E-state index in [0.29, 0.717) is 28.6 Å². The van der Waals surface area contributed by atoms with Crippen molar-refractivity contribution in [1.29, 1.82) is 0 Å². The molecule has 8 nitrogen and oxygen atoms in total. The van der Waals surface area contributed by atoms with Crippen LogP contribution in [0.4, 0.5) is 5.69 Å². The zero-order chi connectivity index (χ0) is 20.0. The molecule has 1 amide bonds. The average molecular weight is 386 g/mol. The van der Waals surface area contributed by atoms with Crippen molar-refractivity contribution in [3.63, 3.8) is 0 Å². The van der Waals surface area contributed by atoms with Gasteiger partial charge in [-0.3, -0.25) is 9.59 Å². The molecule has 1 aliphatic carbocycles. The highest BCUT2D eigenvalue weighted by atomic mass is 16.2. The number of benzene rings is 2. The summed E-state index contributed by atoms with van der Waals surface area (Å²) in [6, 6.07) is 16.5. The van der Waals surface area contributed by atoms with E-state index in [9.17, 15) is 9.59 Å². The number of pyridine rings is 1. The third kappa shape index (κ3) is 3.08. The van der Waals surface area contributed by atoms with Crippen molar-refractivity contribution >= 4 is 22.5 Å². The van der Waals surface area contributed by atoms with Crippen molar-refractivity contribution < 1.29 is 4.79 Å². The van der Waals surface area contributed by atoms with E-state index in [4.69, 9.17) is 0 Å². The van der Waals surface area contributed by atoms with Crippen LogP contribution in [0.25, 0.3) is 22.3 Å². The number of para-hydroxylation sites is 1. The highest BCUT2D eigenvalue weighted by molar-refractivity contribution is 6.12. The van der Waals surface area contributed by atoms with Gasteiger partial charge >= 0.3 is 0 Å². The van der Waals surface area contributed by atoms with E-state index in [1.54, 1.807) is 13.1 Å². The normalized spacial score (nSPS) is 13.6. The van der Waals surface area contributed by atoms with E-state index < -0.39 is 0 Å². The van der Waals surface area contributed by atoms with Gasteiger partial charge in [-0.2, -0.15) is 0 Å². The van der Waals surface area contributed by atoms with Crippen LogP contribution in [0.5, 0.6) is 0 Å². The van der Waals surface area contributed by atoms with E-state index in [0.717, 1.165) is 23.8 Å². The van der Waals surface area contributed by atoms with Crippen LogP contribution < -0.4 is 10.9 Å². The van der Waals surface area contributed by atoms with E-state index in [1.165, 1.54) is 10.6 Å². The summed E-state index contributed by atoms with van der Waals surface area (Å²) in [5.74, 6) is 0.348. The van der Waals surface area contributed by atoms with Crippen molar-refractivity contribution in [3.05, 3.63) is 70.5 Å².